The van der Waals surface area contributed by atoms with Gasteiger partial charge in [0.05, 0.1) is 12.0 Å². The number of aryl methyl sites for hydroxylation is 1. The summed E-state index contributed by atoms with van der Waals surface area (Å²) in [5, 5.41) is 2.91. The largest absolute Gasteiger partial charge is 0.354 e. The van der Waals surface area contributed by atoms with Gasteiger partial charge in [0, 0.05) is 12.1 Å². The van der Waals surface area contributed by atoms with Crippen LogP contribution in [-0.2, 0) is 24.2 Å². The molecule has 22 heavy (non-hydrogen) atoms. The van der Waals surface area contributed by atoms with E-state index in [0.29, 0.717) is 6.54 Å². The molecule has 0 saturated carbocycles. The minimum Gasteiger partial charge on any atom is -0.354 e. The second kappa shape index (κ2) is 6.90. The summed E-state index contributed by atoms with van der Waals surface area (Å²) in [6.45, 7) is 0.718. The lowest BCUT2D eigenvalue weighted by Gasteiger charge is -2.13. The molecule has 1 amide bonds. The maximum absolute atomic E-state index is 12.3. The van der Waals surface area contributed by atoms with Crippen molar-refractivity contribution in [1.29, 1.82) is 0 Å². The standard InChI is InChI=1S/C17H23N3O2/c21-16(18-10-9-13-5-2-1-3-6-13)11-20-12-19-15-8-4-7-14(15)17(20)22/h5,12H,1-4,6-11H2,(H,18,21). The van der Waals surface area contributed by atoms with Crippen molar-refractivity contribution in [2.45, 2.75) is 57.9 Å². The Kier molecular flexibility index (Phi) is 4.71. The molecule has 2 aliphatic carbocycles. The van der Waals surface area contributed by atoms with Crippen molar-refractivity contribution >= 4 is 5.91 Å². The molecule has 5 nitrogen and oxygen atoms in total. The number of carbonyl (C=O) groups is 1. The smallest absolute Gasteiger partial charge is 0.257 e. The number of nitrogens with one attached hydrogen (secondary N) is 1. The maximum atomic E-state index is 12.3. The minimum absolute atomic E-state index is 0.0485. The van der Waals surface area contributed by atoms with Gasteiger partial charge in [0.1, 0.15) is 6.54 Å². The molecular formula is C17H23N3O2. The highest BCUT2D eigenvalue weighted by Gasteiger charge is 2.18. The van der Waals surface area contributed by atoms with E-state index in [4.69, 9.17) is 0 Å². The highest BCUT2D eigenvalue weighted by molar-refractivity contribution is 5.75. The molecule has 0 fully saturated rings. The zero-order valence-electron chi connectivity index (χ0n) is 12.9. The molecule has 0 aromatic carbocycles. The molecule has 1 aromatic rings. The van der Waals surface area contributed by atoms with Gasteiger partial charge in [0.25, 0.3) is 5.56 Å². The van der Waals surface area contributed by atoms with Gasteiger partial charge in [-0.2, -0.15) is 0 Å². The number of hydrogen-bond donors (Lipinski definition) is 1. The third kappa shape index (κ3) is 3.46. The summed E-state index contributed by atoms with van der Waals surface area (Å²) < 4.78 is 1.43. The van der Waals surface area contributed by atoms with Crippen LogP contribution in [0.4, 0.5) is 0 Å². The molecule has 118 valence electrons. The fourth-order valence-electron chi connectivity index (χ4n) is 3.28. The lowest BCUT2D eigenvalue weighted by molar-refractivity contribution is -0.121. The summed E-state index contributed by atoms with van der Waals surface area (Å²) in [4.78, 5) is 28.5. The topological polar surface area (TPSA) is 64.0 Å². The van der Waals surface area contributed by atoms with Crippen molar-refractivity contribution in [2.24, 2.45) is 0 Å². The molecule has 0 aliphatic heterocycles. The van der Waals surface area contributed by atoms with Gasteiger partial charge in [-0.15, -0.1) is 0 Å². The van der Waals surface area contributed by atoms with E-state index < -0.39 is 0 Å². The summed E-state index contributed by atoms with van der Waals surface area (Å²) in [6.07, 6.45) is 12.3. The molecule has 0 bridgehead atoms. The van der Waals surface area contributed by atoms with Crippen molar-refractivity contribution in [3.8, 4) is 0 Å². The Morgan fingerprint density at radius 2 is 2.14 bits per heavy atom. The first-order valence-electron chi connectivity index (χ1n) is 8.26. The fraction of sp³-hybridized carbons (Fsp3) is 0.588. The summed E-state index contributed by atoms with van der Waals surface area (Å²) in [5.41, 5.74) is 3.10. The second-order valence-electron chi connectivity index (χ2n) is 6.16. The first-order valence-corrected chi connectivity index (χ1v) is 8.26. The van der Waals surface area contributed by atoms with Crippen molar-refractivity contribution < 1.29 is 4.79 Å². The van der Waals surface area contributed by atoms with Gasteiger partial charge >= 0.3 is 0 Å². The zero-order chi connectivity index (χ0) is 15.4. The molecule has 1 aromatic heterocycles. The first kappa shape index (κ1) is 15.0. The van der Waals surface area contributed by atoms with Gasteiger partial charge in [-0.3, -0.25) is 14.2 Å². The van der Waals surface area contributed by atoms with Crippen LogP contribution in [0.3, 0.4) is 0 Å². The number of nitrogens with zero attached hydrogens (tertiary/aromatic N) is 2. The maximum Gasteiger partial charge on any atom is 0.257 e. The Bertz CT molecular complexity index is 646. The molecule has 0 spiro atoms. The molecule has 0 saturated heterocycles. The van der Waals surface area contributed by atoms with Crippen LogP contribution in [0.1, 0.15) is 49.8 Å². The van der Waals surface area contributed by atoms with Gasteiger partial charge in [0.15, 0.2) is 0 Å². The summed E-state index contributed by atoms with van der Waals surface area (Å²) >= 11 is 0. The molecule has 1 heterocycles. The Balaban J connectivity index is 1.52. The van der Waals surface area contributed by atoms with Crippen LogP contribution in [0.15, 0.2) is 22.8 Å². The van der Waals surface area contributed by atoms with Crippen LogP contribution < -0.4 is 10.9 Å². The van der Waals surface area contributed by atoms with Gasteiger partial charge in [0.2, 0.25) is 5.91 Å². The van der Waals surface area contributed by atoms with Gasteiger partial charge in [-0.05, 0) is 51.4 Å². The predicted octanol–water partition coefficient (Wildman–Crippen LogP) is 1.74. The van der Waals surface area contributed by atoms with Crippen LogP contribution in [0.25, 0.3) is 0 Å². The fourth-order valence-corrected chi connectivity index (χ4v) is 3.28. The average molecular weight is 301 g/mol. The minimum atomic E-state index is -0.113. The number of aromatic nitrogens is 2. The molecule has 0 radical (unpaired) electrons. The summed E-state index contributed by atoms with van der Waals surface area (Å²) in [5.74, 6) is -0.113. The number of allylic oxidation sites excluding steroid dienone is 1. The highest BCUT2D eigenvalue weighted by Crippen LogP contribution is 2.19. The van der Waals surface area contributed by atoms with Gasteiger partial charge in [-0.1, -0.05) is 11.6 Å². The lowest BCUT2D eigenvalue weighted by atomic mass is 9.97. The number of amides is 1. The Labute approximate surface area is 130 Å². The van der Waals surface area contributed by atoms with Gasteiger partial charge in [-0.25, -0.2) is 4.98 Å². The molecular weight excluding hydrogens is 278 g/mol. The molecule has 5 heteroatoms. The number of hydrogen-bond acceptors (Lipinski definition) is 3. The lowest BCUT2D eigenvalue weighted by Crippen LogP contribution is -2.34. The van der Waals surface area contributed by atoms with Crippen molar-refractivity contribution in [3.63, 3.8) is 0 Å². The van der Waals surface area contributed by atoms with E-state index in [1.807, 2.05) is 0 Å². The number of fused-ring (bicyclic) bond motifs is 1. The molecule has 3 rings (SSSR count). The highest BCUT2D eigenvalue weighted by atomic mass is 16.2. The Hall–Kier alpha value is -1.91. The third-order valence-corrected chi connectivity index (χ3v) is 4.53. The van der Waals surface area contributed by atoms with E-state index in [2.05, 4.69) is 16.4 Å². The van der Waals surface area contributed by atoms with Crippen molar-refractivity contribution in [1.82, 2.24) is 14.9 Å². The van der Waals surface area contributed by atoms with Crippen molar-refractivity contribution in [2.75, 3.05) is 6.54 Å². The van der Waals surface area contributed by atoms with Crippen molar-refractivity contribution in [3.05, 3.63) is 39.6 Å². The average Bonchev–Trinajstić information content (AvgIpc) is 3.01. The van der Waals surface area contributed by atoms with E-state index >= 15 is 0 Å². The first-order chi connectivity index (χ1) is 10.7. The number of rotatable bonds is 5. The summed E-state index contributed by atoms with van der Waals surface area (Å²) in [7, 11) is 0. The van der Waals surface area contributed by atoms with Gasteiger partial charge < -0.3 is 5.32 Å². The normalized spacial score (nSPS) is 17.0. The monoisotopic (exact) mass is 301 g/mol. The SMILES string of the molecule is O=C(Cn1cnc2c(c1=O)CCC2)NCCC1=CCCCC1. The quantitative estimate of drug-likeness (QED) is 0.843. The van der Waals surface area contributed by atoms with Crippen LogP contribution in [0, 0.1) is 0 Å². The zero-order valence-corrected chi connectivity index (χ0v) is 12.9. The number of carbonyl (C=O) groups excluding carboxylic acids is 1. The van der Waals surface area contributed by atoms with E-state index in [1.165, 1.54) is 35.7 Å². The molecule has 2 aliphatic rings. The van der Waals surface area contributed by atoms with Crippen LogP contribution in [-0.4, -0.2) is 22.0 Å². The third-order valence-electron chi connectivity index (χ3n) is 4.53. The van der Waals surface area contributed by atoms with Crippen LogP contribution in [0.2, 0.25) is 0 Å². The van der Waals surface area contributed by atoms with E-state index in [0.717, 1.165) is 43.4 Å². The van der Waals surface area contributed by atoms with E-state index in [1.54, 1.807) is 0 Å². The van der Waals surface area contributed by atoms with E-state index in [-0.39, 0.29) is 18.0 Å². The Morgan fingerprint density at radius 3 is 2.95 bits per heavy atom. The molecule has 1 N–H and O–H groups in total. The Morgan fingerprint density at radius 1 is 1.23 bits per heavy atom. The molecule has 0 atom stereocenters. The second-order valence-corrected chi connectivity index (χ2v) is 6.16. The molecule has 0 unspecified atom stereocenters. The predicted molar refractivity (Wildman–Crippen MR) is 84.7 cm³/mol. The summed E-state index contributed by atoms with van der Waals surface area (Å²) in [6, 6.07) is 0. The van der Waals surface area contributed by atoms with Crippen LogP contribution >= 0.6 is 0 Å². The van der Waals surface area contributed by atoms with Crippen LogP contribution in [0.5, 0.6) is 0 Å². The van der Waals surface area contributed by atoms with E-state index in [9.17, 15) is 9.59 Å².